The molecule has 3 amide bonds. The van der Waals surface area contributed by atoms with Crippen LogP contribution in [0.15, 0.2) is 28.9 Å². The molecule has 0 saturated carbocycles. The minimum absolute atomic E-state index is 0.264. The molecule has 0 radical (unpaired) electrons. The van der Waals surface area contributed by atoms with Crippen molar-refractivity contribution < 1.29 is 18.8 Å². The summed E-state index contributed by atoms with van der Waals surface area (Å²) in [7, 11) is 0. The lowest BCUT2D eigenvalue weighted by atomic mass is 10.0. The summed E-state index contributed by atoms with van der Waals surface area (Å²) in [5, 5.41) is 9.28. The number of ether oxygens (including phenoxy) is 1. The summed E-state index contributed by atoms with van der Waals surface area (Å²) in [4.78, 5) is 25.4. The number of hydrogen-bond acceptors (Lipinski definition) is 5. The van der Waals surface area contributed by atoms with Crippen LogP contribution in [0.1, 0.15) is 24.5 Å². The Bertz CT molecular complexity index is 863. The molecule has 8 nitrogen and oxygen atoms in total. The van der Waals surface area contributed by atoms with Crippen LogP contribution in [-0.2, 0) is 17.6 Å². The van der Waals surface area contributed by atoms with E-state index in [1.54, 1.807) is 11.1 Å². The number of nitrogens with one attached hydrogen (secondary N) is 2. The van der Waals surface area contributed by atoms with E-state index in [4.69, 9.17) is 9.26 Å². The Morgan fingerprint density at radius 3 is 3.00 bits per heavy atom. The van der Waals surface area contributed by atoms with Crippen molar-refractivity contribution in [1.82, 2.24) is 15.8 Å². The number of carbonyl (C=O) groups excluding carboxylic acids is 2. The van der Waals surface area contributed by atoms with Gasteiger partial charge in [-0.1, -0.05) is 5.16 Å². The third-order valence-corrected chi connectivity index (χ3v) is 4.88. The van der Waals surface area contributed by atoms with Gasteiger partial charge in [0.1, 0.15) is 6.10 Å². The Morgan fingerprint density at radius 2 is 2.15 bits per heavy atom. The molecule has 1 aromatic heterocycles. The maximum atomic E-state index is 12.3. The molecule has 2 N–H and O–H groups in total. The third kappa shape index (κ3) is 3.47. The maximum Gasteiger partial charge on any atom is 0.414 e. The number of nitrogens with zero attached hydrogens (tertiary/aromatic N) is 2. The second kappa shape index (κ2) is 7.30. The predicted molar refractivity (Wildman–Crippen MR) is 98.7 cm³/mol. The molecule has 2 aromatic rings. The fourth-order valence-electron chi connectivity index (χ4n) is 3.57. The molecule has 27 heavy (non-hydrogen) atoms. The molecule has 1 aromatic carbocycles. The van der Waals surface area contributed by atoms with E-state index in [1.807, 2.05) is 25.1 Å². The standard InChI is InChI=1S/C19H22N4O4/c1-2-20-18(24)21-10-15-11-23(19(25)26-15)14-6-7-16-12(8-14)4-3-5-13-9-22-27-17(13)16/h6-9,15H,2-5,10-11H2,1H3,(H2,20,21,24). The van der Waals surface area contributed by atoms with Gasteiger partial charge < -0.3 is 19.9 Å². The summed E-state index contributed by atoms with van der Waals surface area (Å²) in [5.74, 6) is 0.821. The van der Waals surface area contributed by atoms with Gasteiger partial charge in [-0.3, -0.25) is 4.90 Å². The maximum absolute atomic E-state index is 12.3. The number of hydrogen-bond donors (Lipinski definition) is 2. The zero-order chi connectivity index (χ0) is 18.8. The molecule has 1 aliphatic carbocycles. The zero-order valence-corrected chi connectivity index (χ0v) is 15.2. The number of aromatic nitrogens is 1. The first-order valence-corrected chi connectivity index (χ1v) is 9.22. The van der Waals surface area contributed by atoms with Gasteiger partial charge in [0.05, 0.1) is 19.3 Å². The first-order valence-electron chi connectivity index (χ1n) is 9.22. The minimum Gasteiger partial charge on any atom is -0.442 e. The monoisotopic (exact) mass is 370 g/mol. The molecule has 0 bridgehead atoms. The Kier molecular flexibility index (Phi) is 4.70. The van der Waals surface area contributed by atoms with Gasteiger partial charge in [0.2, 0.25) is 0 Å². The van der Waals surface area contributed by atoms with Gasteiger partial charge in [0.15, 0.2) is 5.76 Å². The number of cyclic esters (lactones) is 1. The molecule has 8 heteroatoms. The van der Waals surface area contributed by atoms with Crippen LogP contribution in [0, 0.1) is 0 Å². The number of fused-ring (bicyclic) bond motifs is 3. The Hall–Kier alpha value is -3.03. The number of aryl methyl sites for hydroxylation is 2. The average molecular weight is 370 g/mol. The van der Waals surface area contributed by atoms with Gasteiger partial charge in [-0.2, -0.15) is 0 Å². The number of carbonyl (C=O) groups is 2. The van der Waals surface area contributed by atoms with Gasteiger partial charge in [0, 0.05) is 23.4 Å². The van der Waals surface area contributed by atoms with Crippen molar-refractivity contribution in [2.75, 3.05) is 24.5 Å². The van der Waals surface area contributed by atoms with E-state index in [-0.39, 0.29) is 18.7 Å². The van der Waals surface area contributed by atoms with Gasteiger partial charge in [0.25, 0.3) is 0 Å². The van der Waals surface area contributed by atoms with E-state index in [0.29, 0.717) is 13.1 Å². The molecule has 142 valence electrons. The van der Waals surface area contributed by atoms with Crippen LogP contribution in [0.2, 0.25) is 0 Å². The summed E-state index contributed by atoms with van der Waals surface area (Å²) in [6, 6.07) is 5.64. The highest BCUT2D eigenvalue weighted by atomic mass is 16.6. The fraction of sp³-hybridized carbons (Fsp3) is 0.421. The molecule has 0 spiro atoms. The molecule has 4 rings (SSSR count). The van der Waals surface area contributed by atoms with Crippen molar-refractivity contribution in [3.05, 3.63) is 35.5 Å². The largest absolute Gasteiger partial charge is 0.442 e. The Morgan fingerprint density at radius 1 is 1.30 bits per heavy atom. The van der Waals surface area contributed by atoms with Crippen molar-refractivity contribution >= 4 is 17.8 Å². The van der Waals surface area contributed by atoms with Gasteiger partial charge >= 0.3 is 12.1 Å². The normalized spacial score (nSPS) is 18.3. The van der Waals surface area contributed by atoms with Gasteiger partial charge in [-0.15, -0.1) is 0 Å². The summed E-state index contributed by atoms with van der Waals surface area (Å²) in [6.45, 7) is 3.07. The van der Waals surface area contributed by atoms with E-state index in [1.165, 1.54) is 0 Å². The lowest BCUT2D eigenvalue weighted by Gasteiger charge is -2.16. The smallest absolute Gasteiger partial charge is 0.414 e. The molecule has 2 aliphatic rings. The summed E-state index contributed by atoms with van der Waals surface area (Å²) in [5.41, 5.74) is 4.09. The van der Waals surface area contributed by atoms with E-state index >= 15 is 0 Å². The van der Waals surface area contributed by atoms with Crippen LogP contribution in [0.5, 0.6) is 0 Å². The lowest BCUT2D eigenvalue weighted by Crippen LogP contribution is -2.40. The number of benzene rings is 1. The predicted octanol–water partition coefficient (Wildman–Crippen LogP) is 2.47. The quantitative estimate of drug-likeness (QED) is 0.862. The second-order valence-electron chi connectivity index (χ2n) is 6.73. The summed E-state index contributed by atoms with van der Waals surface area (Å²) in [6.07, 6.45) is 3.86. The fourth-order valence-corrected chi connectivity index (χ4v) is 3.57. The van der Waals surface area contributed by atoms with E-state index in [0.717, 1.165) is 47.4 Å². The Labute approximate surface area is 156 Å². The van der Waals surface area contributed by atoms with Crippen LogP contribution < -0.4 is 15.5 Å². The number of rotatable bonds is 4. The van der Waals surface area contributed by atoms with Crippen LogP contribution >= 0.6 is 0 Å². The second-order valence-corrected chi connectivity index (χ2v) is 6.73. The van der Waals surface area contributed by atoms with E-state index in [9.17, 15) is 9.59 Å². The van der Waals surface area contributed by atoms with Gasteiger partial charge in [-0.05, 0) is 49.9 Å². The molecular formula is C19H22N4O4. The lowest BCUT2D eigenvalue weighted by molar-refractivity contribution is 0.140. The highest BCUT2D eigenvalue weighted by molar-refractivity contribution is 5.90. The van der Waals surface area contributed by atoms with Crippen LogP contribution in [0.25, 0.3) is 11.3 Å². The van der Waals surface area contributed by atoms with Crippen molar-refractivity contribution in [2.45, 2.75) is 32.3 Å². The third-order valence-electron chi connectivity index (χ3n) is 4.88. The molecule has 1 atom stereocenters. The van der Waals surface area contributed by atoms with E-state index < -0.39 is 6.09 Å². The molecule has 1 fully saturated rings. The topological polar surface area (TPSA) is 96.7 Å². The summed E-state index contributed by atoms with van der Waals surface area (Å²) < 4.78 is 10.8. The number of amides is 3. The molecule has 1 unspecified atom stereocenters. The van der Waals surface area contributed by atoms with Crippen LogP contribution in [-0.4, -0.2) is 43.0 Å². The first-order chi connectivity index (χ1) is 13.2. The van der Waals surface area contributed by atoms with Crippen LogP contribution in [0.3, 0.4) is 0 Å². The van der Waals surface area contributed by atoms with Crippen molar-refractivity contribution in [2.24, 2.45) is 0 Å². The van der Waals surface area contributed by atoms with Crippen LogP contribution in [0.4, 0.5) is 15.3 Å². The average Bonchev–Trinajstić information content (AvgIpc) is 3.23. The number of urea groups is 1. The number of anilines is 1. The van der Waals surface area contributed by atoms with Crippen molar-refractivity contribution in [3.63, 3.8) is 0 Å². The SMILES string of the molecule is CCNC(=O)NCC1CN(c2ccc3c(c2)CCCc2cnoc2-3)C(=O)O1. The summed E-state index contributed by atoms with van der Waals surface area (Å²) >= 11 is 0. The van der Waals surface area contributed by atoms with Gasteiger partial charge in [-0.25, -0.2) is 9.59 Å². The Balaban J connectivity index is 1.49. The van der Waals surface area contributed by atoms with E-state index in [2.05, 4.69) is 15.8 Å². The molecule has 1 saturated heterocycles. The highest BCUT2D eigenvalue weighted by Crippen LogP contribution is 2.35. The molecular weight excluding hydrogens is 348 g/mol. The molecule has 1 aliphatic heterocycles. The minimum atomic E-state index is -0.397. The molecule has 2 heterocycles. The highest BCUT2D eigenvalue weighted by Gasteiger charge is 2.33. The van der Waals surface area contributed by atoms with Crippen molar-refractivity contribution in [1.29, 1.82) is 0 Å². The zero-order valence-electron chi connectivity index (χ0n) is 15.2. The van der Waals surface area contributed by atoms with Crippen molar-refractivity contribution in [3.8, 4) is 11.3 Å². The first kappa shape index (κ1) is 17.4.